The van der Waals surface area contributed by atoms with Crippen LogP contribution in [0.25, 0.3) is 0 Å². The molecule has 0 radical (unpaired) electrons. The summed E-state index contributed by atoms with van der Waals surface area (Å²) in [7, 11) is 1.82. The van der Waals surface area contributed by atoms with Crippen LogP contribution in [0.5, 0.6) is 0 Å². The van der Waals surface area contributed by atoms with E-state index in [1.54, 1.807) is 0 Å². The quantitative estimate of drug-likeness (QED) is 0.641. The first-order valence-corrected chi connectivity index (χ1v) is 7.64. The average molecular weight is 256 g/mol. The van der Waals surface area contributed by atoms with Gasteiger partial charge in [0.2, 0.25) is 0 Å². The zero-order chi connectivity index (χ0) is 13.2. The third-order valence-electron chi connectivity index (χ3n) is 3.74. The van der Waals surface area contributed by atoms with E-state index in [2.05, 4.69) is 24.1 Å². The summed E-state index contributed by atoms with van der Waals surface area (Å²) in [5.74, 6) is 1.57. The van der Waals surface area contributed by atoms with Gasteiger partial charge < -0.3 is 15.0 Å². The second kappa shape index (κ2) is 9.76. The lowest BCUT2D eigenvalue weighted by Gasteiger charge is -2.31. The summed E-state index contributed by atoms with van der Waals surface area (Å²) in [4.78, 5) is 2.62. The van der Waals surface area contributed by atoms with Gasteiger partial charge in [-0.05, 0) is 70.2 Å². The lowest BCUT2D eigenvalue weighted by atomic mass is 9.98. The highest BCUT2D eigenvalue weighted by Gasteiger charge is 2.18. The maximum Gasteiger partial charge on any atom is 0.0491 e. The van der Waals surface area contributed by atoms with Crippen molar-refractivity contribution >= 4 is 0 Å². The molecule has 1 N–H and O–H groups in total. The van der Waals surface area contributed by atoms with Crippen molar-refractivity contribution in [2.75, 3.05) is 46.4 Å². The number of methoxy groups -OCH3 is 1. The van der Waals surface area contributed by atoms with Crippen molar-refractivity contribution in [3.63, 3.8) is 0 Å². The van der Waals surface area contributed by atoms with Crippen molar-refractivity contribution in [1.29, 1.82) is 0 Å². The normalized spacial score (nSPS) is 18.7. The van der Waals surface area contributed by atoms with Crippen molar-refractivity contribution in [2.45, 2.75) is 39.5 Å². The number of unbranched alkanes of at least 4 members (excludes halogenated alkanes) is 1. The fourth-order valence-electron chi connectivity index (χ4n) is 2.59. The van der Waals surface area contributed by atoms with Gasteiger partial charge in [-0.3, -0.25) is 0 Å². The molecule has 1 rings (SSSR count). The molecule has 3 nitrogen and oxygen atoms in total. The molecule has 1 fully saturated rings. The fraction of sp³-hybridized carbons (Fsp3) is 1.00. The number of nitrogens with zero attached hydrogens (tertiary/aromatic N) is 1. The average Bonchev–Trinajstić information content (AvgIpc) is 2.35. The third-order valence-corrected chi connectivity index (χ3v) is 3.74. The van der Waals surface area contributed by atoms with Crippen molar-refractivity contribution in [3.8, 4) is 0 Å². The van der Waals surface area contributed by atoms with Crippen LogP contribution in [0.1, 0.15) is 39.5 Å². The van der Waals surface area contributed by atoms with Gasteiger partial charge in [0.05, 0.1) is 0 Å². The van der Waals surface area contributed by atoms with Gasteiger partial charge in [-0.15, -0.1) is 0 Å². The molecule has 0 saturated carbocycles. The molecule has 0 aromatic carbocycles. The van der Waals surface area contributed by atoms with E-state index in [-0.39, 0.29) is 0 Å². The van der Waals surface area contributed by atoms with Gasteiger partial charge in [-0.1, -0.05) is 13.8 Å². The number of ether oxygens (including phenoxy) is 1. The first-order chi connectivity index (χ1) is 8.72. The molecule has 1 heterocycles. The Morgan fingerprint density at radius 3 is 2.56 bits per heavy atom. The van der Waals surface area contributed by atoms with Crippen LogP contribution < -0.4 is 5.32 Å². The third kappa shape index (κ3) is 7.34. The van der Waals surface area contributed by atoms with Crippen LogP contribution in [-0.2, 0) is 4.74 Å². The summed E-state index contributed by atoms with van der Waals surface area (Å²) in [5.41, 5.74) is 0. The minimum Gasteiger partial charge on any atom is -0.384 e. The molecule has 1 aliphatic rings. The summed E-state index contributed by atoms with van der Waals surface area (Å²) >= 11 is 0. The molecule has 0 bridgehead atoms. The topological polar surface area (TPSA) is 24.5 Å². The van der Waals surface area contributed by atoms with E-state index >= 15 is 0 Å². The van der Waals surface area contributed by atoms with E-state index in [1.165, 1.54) is 51.9 Å². The van der Waals surface area contributed by atoms with Crippen molar-refractivity contribution < 1.29 is 4.74 Å². The highest BCUT2D eigenvalue weighted by Crippen LogP contribution is 2.17. The van der Waals surface area contributed by atoms with E-state index in [0.29, 0.717) is 0 Å². The lowest BCUT2D eigenvalue weighted by Crippen LogP contribution is -2.35. The molecule has 0 unspecified atom stereocenters. The predicted molar refractivity (Wildman–Crippen MR) is 78.0 cm³/mol. The van der Waals surface area contributed by atoms with Crippen LogP contribution in [-0.4, -0.2) is 51.3 Å². The molecular formula is C15H32N2O. The summed E-state index contributed by atoms with van der Waals surface area (Å²) in [6.45, 7) is 11.6. The molecule has 0 aromatic heterocycles. The second-order valence-corrected chi connectivity index (χ2v) is 6.05. The maximum atomic E-state index is 5.23. The second-order valence-electron chi connectivity index (χ2n) is 6.05. The van der Waals surface area contributed by atoms with Crippen LogP contribution in [0.15, 0.2) is 0 Å². The highest BCUT2D eigenvalue weighted by molar-refractivity contribution is 4.72. The molecule has 3 heteroatoms. The number of hydrogen-bond donors (Lipinski definition) is 1. The van der Waals surface area contributed by atoms with Gasteiger partial charge in [0, 0.05) is 13.7 Å². The Morgan fingerprint density at radius 1 is 1.22 bits per heavy atom. The Kier molecular flexibility index (Phi) is 8.64. The molecule has 0 amide bonds. The minimum atomic E-state index is 0.768. The maximum absolute atomic E-state index is 5.23. The van der Waals surface area contributed by atoms with Crippen LogP contribution in [0, 0.1) is 11.8 Å². The first kappa shape index (κ1) is 15.9. The number of piperidine rings is 1. The number of likely N-dealkylation sites (tertiary alicyclic amines) is 1. The summed E-state index contributed by atoms with van der Waals surface area (Å²) in [6, 6.07) is 0. The molecule has 108 valence electrons. The molecule has 0 spiro atoms. The Bertz CT molecular complexity index is 189. The Morgan fingerprint density at radius 2 is 1.94 bits per heavy atom. The molecule has 0 atom stereocenters. The SMILES string of the molecule is COCC1CCN(CCCCNCC(C)C)CC1. The minimum absolute atomic E-state index is 0.768. The smallest absolute Gasteiger partial charge is 0.0491 e. The molecule has 1 saturated heterocycles. The lowest BCUT2D eigenvalue weighted by molar-refractivity contribution is 0.0988. The zero-order valence-electron chi connectivity index (χ0n) is 12.6. The largest absolute Gasteiger partial charge is 0.384 e. The molecular weight excluding hydrogens is 224 g/mol. The van der Waals surface area contributed by atoms with E-state index in [0.717, 1.165) is 25.0 Å². The van der Waals surface area contributed by atoms with Crippen LogP contribution in [0.3, 0.4) is 0 Å². The van der Waals surface area contributed by atoms with E-state index in [4.69, 9.17) is 4.74 Å². The van der Waals surface area contributed by atoms with E-state index in [9.17, 15) is 0 Å². The van der Waals surface area contributed by atoms with Crippen molar-refractivity contribution in [3.05, 3.63) is 0 Å². The molecule has 1 aliphatic heterocycles. The monoisotopic (exact) mass is 256 g/mol. The fourth-order valence-corrected chi connectivity index (χ4v) is 2.59. The van der Waals surface area contributed by atoms with Gasteiger partial charge in [0.25, 0.3) is 0 Å². The zero-order valence-corrected chi connectivity index (χ0v) is 12.6. The van der Waals surface area contributed by atoms with Gasteiger partial charge in [0.15, 0.2) is 0 Å². The standard InChI is InChI=1S/C15H32N2O/c1-14(2)12-16-8-4-5-9-17-10-6-15(7-11-17)13-18-3/h14-16H,4-13H2,1-3H3. The van der Waals surface area contributed by atoms with Gasteiger partial charge in [-0.25, -0.2) is 0 Å². The van der Waals surface area contributed by atoms with Gasteiger partial charge >= 0.3 is 0 Å². The highest BCUT2D eigenvalue weighted by atomic mass is 16.5. The predicted octanol–water partition coefficient (Wildman–Crippen LogP) is 2.37. The van der Waals surface area contributed by atoms with E-state index in [1.807, 2.05) is 7.11 Å². The summed E-state index contributed by atoms with van der Waals surface area (Å²) < 4.78 is 5.23. The van der Waals surface area contributed by atoms with Crippen molar-refractivity contribution in [1.82, 2.24) is 10.2 Å². The van der Waals surface area contributed by atoms with Crippen LogP contribution >= 0.6 is 0 Å². The molecule has 18 heavy (non-hydrogen) atoms. The van der Waals surface area contributed by atoms with Crippen molar-refractivity contribution in [2.24, 2.45) is 11.8 Å². The Balaban J connectivity index is 1.91. The van der Waals surface area contributed by atoms with E-state index < -0.39 is 0 Å². The number of rotatable bonds is 9. The molecule has 0 aromatic rings. The van der Waals surface area contributed by atoms with Gasteiger partial charge in [0.1, 0.15) is 0 Å². The first-order valence-electron chi connectivity index (χ1n) is 7.64. The number of hydrogen-bond acceptors (Lipinski definition) is 3. The summed E-state index contributed by atoms with van der Waals surface area (Å²) in [6.07, 6.45) is 5.28. The van der Waals surface area contributed by atoms with Crippen LogP contribution in [0.4, 0.5) is 0 Å². The van der Waals surface area contributed by atoms with Crippen LogP contribution in [0.2, 0.25) is 0 Å². The Hall–Kier alpha value is -0.120. The Labute approximate surface area is 113 Å². The molecule has 0 aliphatic carbocycles. The number of nitrogens with one attached hydrogen (secondary N) is 1. The summed E-state index contributed by atoms with van der Waals surface area (Å²) in [5, 5.41) is 3.51. The van der Waals surface area contributed by atoms with Gasteiger partial charge in [-0.2, -0.15) is 0 Å².